The molecule has 0 radical (unpaired) electrons. The van der Waals surface area contributed by atoms with E-state index in [0.29, 0.717) is 6.67 Å². The highest BCUT2D eigenvalue weighted by Crippen LogP contribution is 1.98. The molecule has 0 rings (SSSR count). The van der Waals surface area contributed by atoms with Gasteiger partial charge in [0.15, 0.2) is 0 Å². The molecule has 0 saturated carbocycles. The molecular weight excluding hydrogens is 176 g/mol. The number of nitrogens with zero attached hydrogens (tertiary/aromatic N) is 1. The van der Waals surface area contributed by atoms with Gasteiger partial charge in [0, 0.05) is 0 Å². The summed E-state index contributed by atoms with van der Waals surface area (Å²) in [5.41, 5.74) is 0. The Hall–Kier alpha value is -0.830. The van der Waals surface area contributed by atoms with Crippen molar-refractivity contribution in [1.82, 2.24) is 10.2 Å². The maximum Gasteiger partial charge on any atom is 0.244 e. The maximum absolute atomic E-state index is 11.2. The van der Waals surface area contributed by atoms with Gasteiger partial charge in [-0.25, -0.2) is 0 Å². The third kappa shape index (κ3) is 9.26. The summed E-state index contributed by atoms with van der Waals surface area (Å²) in [6, 6.07) is 0. The lowest BCUT2D eigenvalue weighted by Gasteiger charge is -2.08. The highest BCUT2D eigenvalue weighted by atomic mass is 16.1. The van der Waals surface area contributed by atoms with Crippen LogP contribution in [0.1, 0.15) is 32.6 Å². The van der Waals surface area contributed by atoms with E-state index in [-0.39, 0.29) is 5.91 Å². The summed E-state index contributed by atoms with van der Waals surface area (Å²) in [6.45, 7) is 2.77. The van der Waals surface area contributed by atoms with E-state index in [4.69, 9.17) is 0 Å². The minimum Gasteiger partial charge on any atom is -0.340 e. The normalized spacial score (nSPS) is 11.1. The molecule has 0 aromatic rings. The molecule has 0 saturated heterocycles. The van der Waals surface area contributed by atoms with Crippen molar-refractivity contribution in [1.29, 1.82) is 0 Å². The molecule has 14 heavy (non-hydrogen) atoms. The number of carbonyl (C=O) groups is 1. The molecule has 0 aromatic carbocycles. The Kier molecular flexibility index (Phi) is 8.24. The van der Waals surface area contributed by atoms with E-state index in [1.807, 2.05) is 25.1 Å². The van der Waals surface area contributed by atoms with E-state index in [0.717, 1.165) is 6.42 Å². The van der Waals surface area contributed by atoms with Crippen molar-refractivity contribution in [2.24, 2.45) is 0 Å². The summed E-state index contributed by atoms with van der Waals surface area (Å²) in [4.78, 5) is 13.1. The van der Waals surface area contributed by atoms with Gasteiger partial charge < -0.3 is 5.32 Å². The molecule has 0 spiro atoms. The number of rotatable bonds is 7. The summed E-state index contributed by atoms with van der Waals surface area (Å²) in [6.07, 6.45) is 8.21. The van der Waals surface area contributed by atoms with Gasteiger partial charge in [0.1, 0.15) is 0 Å². The van der Waals surface area contributed by atoms with Crippen LogP contribution in [0.4, 0.5) is 0 Å². The highest BCUT2D eigenvalue weighted by molar-refractivity contribution is 5.87. The van der Waals surface area contributed by atoms with Crippen molar-refractivity contribution in [3.63, 3.8) is 0 Å². The smallest absolute Gasteiger partial charge is 0.244 e. The molecule has 0 fully saturated rings. The molecule has 0 bridgehead atoms. The van der Waals surface area contributed by atoms with Gasteiger partial charge in [-0.05, 0) is 33.0 Å². The molecule has 0 aromatic heterocycles. The number of hydrogen-bond donors (Lipinski definition) is 1. The number of amides is 1. The zero-order chi connectivity index (χ0) is 10.8. The van der Waals surface area contributed by atoms with Crippen molar-refractivity contribution in [3.05, 3.63) is 12.2 Å². The molecule has 0 aliphatic heterocycles. The average molecular weight is 198 g/mol. The fourth-order valence-corrected chi connectivity index (χ4v) is 0.998. The Balaban J connectivity index is 3.41. The van der Waals surface area contributed by atoms with Crippen LogP contribution in [0.2, 0.25) is 0 Å². The maximum atomic E-state index is 11.2. The lowest BCUT2D eigenvalue weighted by Crippen LogP contribution is -2.31. The molecule has 82 valence electrons. The van der Waals surface area contributed by atoms with Crippen molar-refractivity contribution >= 4 is 5.91 Å². The van der Waals surface area contributed by atoms with Crippen molar-refractivity contribution < 1.29 is 4.79 Å². The first-order chi connectivity index (χ1) is 6.66. The molecule has 0 atom stereocenters. The highest BCUT2D eigenvalue weighted by Gasteiger charge is 1.93. The molecule has 1 N–H and O–H groups in total. The van der Waals surface area contributed by atoms with E-state index in [2.05, 4.69) is 12.2 Å². The van der Waals surface area contributed by atoms with Crippen LogP contribution in [0.15, 0.2) is 12.2 Å². The topological polar surface area (TPSA) is 32.3 Å². The van der Waals surface area contributed by atoms with Crippen LogP contribution < -0.4 is 5.32 Å². The zero-order valence-electron chi connectivity index (χ0n) is 9.55. The van der Waals surface area contributed by atoms with Crippen LogP contribution in [0.25, 0.3) is 0 Å². The molecule has 0 heterocycles. The predicted octanol–water partition coefficient (Wildman–Crippen LogP) is 1.76. The lowest BCUT2D eigenvalue weighted by molar-refractivity contribution is -0.117. The van der Waals surface area contributed by atoms with Crippen LogP contribution >= 0.6 is 0 Å². The standard InChI is InChI=1S/C11H22N2O/c1-4-5-6-7-8-9-11(14)12-10-13(2)3/h8-9H,4-7,10H2,1-3H3,(H,12,14)/b9-8+. The molecule has 0 aliphatic carbocycles. The Morgan fingerprint density at radius 2 is 2.07 bits per heavy atom. The Morgan fingerprint density at radius 1 is 1.36 bits per heavy atom. The number of unbranched alkanes of at least 4 members (excludes halogenated alkanes) is 3. The van der Waals surface area contributed by atoms with E-state index in [1.54, 1.807) is 6.08 Å². The predicted molar refractivity (Wildman–Crippen MR) is 60.0 cm³/mol. The minimum absolute atomic E-state index is 0.00445. The summed E-state index contributed by atoms with van der Waals surface area (Å²) in [5, 5.41) is 2.77. The summed E-state index contributed by atoms with van der Waals surface area (Å²) in [7, 11) is 3.84. The number of nitrogens with one attached hydrogen (secondary N) is 1. The molecule has 3 heteroatoms. The fourth-order valence-electron chi connectivity index (χ4n) is 0.998. The van der Waals surface area contributed by atoms with Crippen LogP contribution in [0, 0.1) is 0 Å². The van der Waals surface area contributed by atoms with E-state index < -0.39 is 0 Å². The van der Waals surface area contributed by atoms with E-state index in [9.17, 15) is 4.79 Å². The Labute approximate surface area is 87.2 Å². The number of allylic oxidation sites excluding steroid dienone is 1. The summed E-state index contributed by atoms with van der Waals surface area (Å²) < 4.78 is 0. The molecule has 0 aliphatic rings. The third-order valence-corrected chi connectivity index (χ3v) is 1.81. The average Bonchev–Trinajstić information content (AvgIpc) is 2.14. The first kappa shape index (κ1) is 13.2. The fraction of sp³-hybridized carbons (Fsp3) is 0.727. The zero-order valence-corrected chi connectivity index (χ0v) is 9.55. The third-order valence-electron chi connectivity index (χ3n) is 1.81. The molecule has 1 amide bonds. The Morgan fingerprint density at radius 3 is 2.64 bits per heavy atom. The quantitative estimate of drug-likeness (QED) is 0.384. The molecule has 3 nitrogen and oxygen atoms in total. The first-order valence-corrected chi connectivity index (χ1v) is 5.26. The summed E-state index contributed by atoms with van der Waals surface area (Å²) in [5.74, 6) is -0.00445. The second kappa shape index (κ2) is 8.75. The van der Waals surface area contributed by atoms with Crippen LogP contribution in [-0.2, 0) is 4.79 Å². The van der Waals surface area contributed by atoms with Gasteiger partial charge >= 0.3 is 0 Å². The minimum atomic E-state index is -0.00445. The van der Waals surface area contributed by atoms with Crippen LogP contribution in [-0.4, -0.2) is 31.6 Å². The Bertz CT molecular complexity index is 176. The van der Waals surface area contributed by atoms with Gasteiger partial charge in [-0.1, -0.05) is 25.8 Å². The van der Waals surface area contributed by atoms with Gasteiger partial charge in [0.25, 0.3) is 0 Å². The van der Waals surface area contributed by atoms with Crippen LogP contribution in [0.5, 0.6) is 0 Å². The number of hydrogen-bond acceptors (Lipinski definition) is 2. The second-order valence-electron chi connectivity index (χ2n) is 3.68. The van der Waals surface area contributed by atoms with Crippen molar-refractivity contribution in [3.8, 4) is 0 Å². The van der Waals surface area contributed by atoms with E-state index >= 15 is 0 Å². The van der Waals surface area contributed by atoms with Gasteiger partial charge in [0.2, 0.25) is 5.91 Å². The summed E-state index contributed by atoms with van der Waals surface area (Å²) >= 11 is 0. The first-order valence-electron chi connectivity index (χ1n) is 5.26. The van der Waals surface area contributed by atoms with E-state index in [1.165, 1.54) is 19.3 Å². The molecule has 0 unspecified atom stereocenters. The van der Waals surface area contributed by atoms with Crippen molar-refractivity contribution in [2.45, 2.75) is 32.6 Å². The SMILES string of the molecule is CCCCC/C=C/C(=O)NCN(C)C. The van der Waals surface area contributed by atoms with Gasteiger partial charge in [-0.15, -0.1) is 0 Å². The number of carbonyl (C=O) groups excluding carboxylic acids is 1. The second-order valence-corrected chi connectivity index (χ2v) is 3.68. The van der Waals surface area contributed by atoms with Gasteiger partial charge in [-0.2, -0.15) is 0 Å². The van der Waals surface area contributed by atoms with Crippen molar-refractivity contribution in [2.75, 3.05) is 20.8 Å². The molecular formula is C11H22N2O. The van der Waals surface area contributed by atoms with Gasteiger partial charge in [0.05, 0.1) is 6.67 Å². The monoisotopic (exact) mass is 198 g/mol. The van der Waals surface area contributed by atoms with Gasteiger partial charge in [-0.3, -0.25) is 9.69 Å². The van der Waals surface area contributed by atoms with Crippen LogP contribution in [0.3, 0.4) is 0 Å². The largest absolute Gasteiger partial charge is 0.340 e. The lowest BCUT2D eigenvalue weighted by atomic mass is 10.2.